The molecule has 6 heteroatoms. The van der Waals surface area contributed by atoms with Crippen molar-refractivity contribution in [3.05, 3.63) is 17.2 Å². The molecule has 0 aliphatic heterocycles. The highest BCUT2D eigenvalue weighted by Crippen LogP contribution is 2.23. The Hall–Kier alpha value is -0.880. The minimum atomic E-state index is -0.158. The molecule has 0 aromatic carbocycles. The van der Waals surface area contributed by atoms with Crippen LogP contribution >= 0.6 is 23.1 Å². The number of hydrogen-bond acceptors (Lipinski definition) is 5. The lowest BCUT2D eigenvalue weighted by Gasteiger charge is -2.04. The molecule has 1 aromatic rings. The maximum Gasteiger partial charge on any atom is 0.282 e. The van der Waals surface area contributed by atoms with Gasteiger partial charge >= 0.3 is 0 Å². The predicted octanol–water partition coefficient (Wildman–Crippen LogP) is 2.34. The summed E-state index contributed by atoms with van der Waals surface area (Å²) in [5, 5.41) is 11.0. The third-order valence-electron chi connectivity index (χ3n) is 1.46. The molecule has 16 heavy (non-hydrogen) atoms. The molecule has 0 spiro atoms. The van der Waals surface area contributed by atoms with E-state index in [1.807, 2.05) is 20.8 Å². The Kier molecular flexibility index (Phi) is 4.95. The maximum absolute atomic E-state index is 11.6. The zero-order chi connectivity index (χ0) is 12.1. The number of rotatable bonds is 5. The summed E-state index contributed by atoms with van der Waals surface area (Å²) in [6.45, 7) is 9.59. The second kappa shape index (κ2) is 6.00. The van der Waals surface area contributed by atoms with Gasteiger partial charge in [0.25, 0.3) is 5.91 Å². The van der Waals surface area contributed by atoms with Gasteiger partial charge in [0.15, 0.2) is 4.34 Å². The Labute approximate surface area is 104 Å². The van der Waals surface area contributed by atoms with Crippen LogP contribution in [0.2, 0.25) is 0 Å². The minimum absolute atomic E-state index is 0.114. The van der Waals surface area contributed by atoms with Gasteiger partial charge < -0.3 is 5.32 Å². The highest BCUT2D eigenvalue weighted by molar-refractivity contribution is 8.01. The van der Waals surface area contributed by atoms with Crippen molar-refractivity contribution in [1.82, 2.24) is 15.5 Å². The van der Waals surface area contributed by atoms with Crippen molar-refractivity contribution >= 4 is 29.0 Å². The van der Waals surface area contributed by atoms with Crippen molar-refractivity contribution in [2.45, 2.75) is 31.2 Å². The Balaban J connectivity index is 2.57. The lowest BCUT2D eigenvalue weighted by Crippen LogP contribution is -2.29. The standard InChI is InChI=1S/C10H15N3OS2/c1-6(2)5-15-10-13-12-9(16-10)8(14)11-7(3)4/h7H,1,5H2,2-4H3,(H,11,14). The summed E-state index contributed by atoms with van der Waals surface area (Å²) in [5.74, 6) is 0.648. The third kappa shape index (κ3) is 4.32. The fourth-order valence-electron chi connectivity index (χ4n) is 0.869. The highest BCUT2D eigenvalue weighted by Gasteiger charge is 2.13. The van der Waals surface area contributed by atoms with Crippen LogP contribution in [0.4, 0.5) is 0 Å². The predicted molar refractivity (Wildman–Crippen MR) is 68.0 cm³/mol. The summed E-state index contributed by atoms with van der Waals surface area (Å²) in [6.07, 6.45) is 0. The lowest BCUT2D eigenvalue weighted by atomic mass is 10.4. The summed E-state index contributed by atoms with van der Waals surface area (Å²) >= 11 is 2.86. The zero-order valence-corrected chi connectivity index (χ0v) is 11.2. The molecule has 88 valence electrons. The molecule has 1 amide bonds. The van der Waals surface area contributed by atoms with E-state index in [2.05, 4.69) is 22.1 Å². The number of carbonyl (C=O) groups excluding carboxylic acids is 1. The summed E-state index contributed by atoms with van der Waals surface area (Å²) < 4.78 is 0.803. The van der Waals surface area contributed by atoms with Crippen LogP contribution in [-0.4, -0.2) is 27.9 Å². The minimum Gasteiger partial charge on any atom is -0.348 e. The van der Waals surface area contributed by atoms with Gasteiger partial charge in [-0.25, -0.2) is 0 Å². The molecule has 0 bridgehead atoms. The normalized spacial score (nSPS) is 10.5. The molecule has 0 unspecified atom stereocenters. The average Bonchev–Trinajstić information content (AvgIpc) is 2.61. The SMILES string of the molecule is C=C(C)CSc1nnc(C(=O)NC(C)C)s1. The Bertz CT molecular complexity index is 387. The molecular formula is C10H15N3OS2. The number of nitrogens with zero attached hydrogens (tertiary/aromatic N) is 2. The summed E-state index contributed by atoms with van der Waals surface area (Å²) in [4.78, 5) is 11.6. The Morgan fingerprint density at radius 2 is 2.25 bits per heavy atom. The molecule has 1 N–H and O–H groups in total. The molecule has 1 rings (SSSR count). The van der Waals surface area contributed by atoms with E-state index >= 15 is 0 Å². The summed E-state index contributed by atoms with van der Waals surface area (Å²) in [6, 6.07) is 0.114. The van der Waals surface area contributed by atoms with Crippen LogP contribution in [0.3, 0.4) is 0 Å². The Morgan fingerprint density at radius 1 is 1.56 bits per heavy atom. The van der Waals surface area contributed by atoms with E-state index in [0.29, 0.717) is 5.01 Å². The van der Waals surface area contributed by atoms with Crippen molar-refractivity contribution in [2.24, 2.45) is 0 Å². The molecule has 0 atom stereocenters. The van der Waals surface area contributed by atoms with Crippen LogP contribution in [0, 0.1) is 0 Å². The molecule has 0 fully saturated rings. The number of amides is 1. The second-order valence-electron chi connectivity index (χ2n) is 3.75. The fraction of sp³-hybridized carbons (Fsp3) is 0.500. The lowest BCUT2D eigenvalue weighted by molar-refractivity contribution is 0.0942. The first kappa shape index (κ1) is 13.2. The van der Waals surface area contributed by atoms with Crippen molar-refractivity contribution < 1.29 is 4.79 Å². The van der Waals surface area contributed by atoms with E-state index in [4.69, 9.17) is 0 Å². The van der Waals surface area contributed by atoms with E-state index in [1.54, 1.807) is 11.8 Å². The first-order valence-electron chi connectivity index (χ1n) is 4.90. The monoisotopic (exact) mass is 257 g/mol. The van der Waals surface area contributed by atoms with Crippen LogP contribution in [0.1, 0.15) is 30.6 Å². The van der Waals surface area contributed by atoms with Gasteiger partial charge in [-0.3, -0.25) is 4.79 Å². The van der Waals surface area contributed by atoms with E-state index in [-0.39, 0.29) is 11.9 Å². The average molecular weight is 257 g/mol. The van der Waals surface area contributed by atoms with Gasteiger partial charge in [-0.1, -0.05) is 35.3 Å². The number of thioether (sulfide) groups is 1. The topological polar surface area (TPSA) is 54.9 Å². The van der Waals surface area contributed by atoms with Crippen molar-refractivity contribution in [3.63, 3.8) is 0 Å². The molecule has 0 radical (unpaired) electrons. The molecule has 1 aromatic heterocycles. The van der Waals surface area contributed by atoms with Crippen LogP contribution < -0.4 is 5.32 Å². The zero-order valence-electron chi connectivity index (χ0n) is 9.61. The van der Waals surface area contributed by atoms with Crippen molar-refractivity contribution in [2.75, 3.05) is 5.75 Å². The Morgan fingerprint density at radius 3 is 2.81 bits per heavy atom. The van der Waals surface area contributed by atoms with E-state index in [0.717, 1.165) is 15.7 Å². The van der Waals surface area contributed by atoms with Gasteiger partial charge in [0.1, 0.15) is 0 Å². The second-order valence-corrected chi connectivity index (χ2v) is 5.95. The van der Waals surface area contributed by atoms with Gasteiger partial charge in [0.2, 0.25) is 5.01 Å². The summed E-state index contributed by atoms with van der Waals surface area (Å²) in [7, 11) is 0. The van der Waals surface area contributed by atoms with Gasteiger partial charge in [-0.05, 0) is 20.8 Å². The highest BCUT2D eigenvalue weighted by atomic mass is 32.2. The smallest absolute Gasteiger partial charge is 0.282 e. The van der Waals surface area contributed by atoms with E-state index in [1.165, 1.54) is 11.3 Å². The number of aromatic nitrogens is 2. The fourth-order valence-corrected chi connectivity index (χ4v) is 2.47. The maximum atomic E-state index is 11.6. The van der Waals surface area contributed by atoms with Crippen LogP contribution in [0.5, 0.6) is 0 Å². The van der Waals surface area contributed by atoms with Crippen molar-refractivity contribution in [1.29, 1.82) is 0 Å². The largest absolute Gasteiger partial charge is 0.348 e. The first-order valence-corrected chi connectivity index (χ1v) is 6.70. The van der Waals surface area contributed by atoms with Crippen LogP contribution in [0.15, 0.2) is 16.5 Å². The molecule has 4 nitrogen and oxygen atoms in total. The van der Waals surface area contributed by atoms with Gasteiger partial charge in [0.05, 0.1) is 0 Å². The molecule has 1 heterocycles. The van der Waals surface area contributed by atoms with Crippen LogP contribution in [-0.2, 0) is 0 Å². The number of hydrogen-bond donors (Lipinski definition) is 1. The molecule has 0 aliphatic rings. The number of carbonyl (C=O) groups is 1. The van der Waals surface area contributed by atoms with Gasteiger partial charge in [0, 0.05) is 11.8 Å². The molecule has 0 saturated carbocycles. The first-order chi connectivity index (χ1) is 7.49. The van der Waals surface area contributed by atoms with Gasteiger partial charge in [-0.15, -0.1) is 10.2 Å². The quantitative estimate of drug-likeness (QED) is 0.650. The summed E-state index contributed by atoms with van der Waals surface area (Å²) in [5.41, 5.74) is 1.08. The molecule has 0 saturated heterocycles. The van der Waals surface area contributed by atoms with E-state index < -0.39 is 0 Å². The van der Waals surface area contributed by atoms with Gasteiger partial charge in [-0.2, -0.15) is 0 Å². The molecule has 0 aliphatic carbocycles. The van der Waals surface area contributed by atoms with Crippen molar-refractivity contribution in [3.8, 4) is 0 Å². The van der Waals surface area contributed by atoms with Crippen LogP contribution in [0.25, 0.3) is 0 Å². The molecular weight excluding hydrogens is 242 g/mol. The number of nitrogens with one attached hydrogen (secondary N) is 1. The van der Waals surface area contributed by atoms with E-state index in [9.17, 15) is 4.79 Å². The third-order valence-corrected chi connectivity index (χ3v) is 3.75.